The second-order valence-electron chi connectivity index (χ2n) is 14.3. The van der Waals surface area contributed by atoms with Crippen molar-refractivity contribution in [1.29, 1.82) is 0 Å². The number of para-hydroxylation sites is 3. The molecule has 2 heterocycles. The lowest BCUT2D eigenvalue weighted by molar-refractivity contribution is 0.00495. The second kappa shape index (κ2) is 21.6. The van der Waals surface area contributed by atoms with E-state index in [-0.39, 0.29) is 116 Å². The molecule has 0 saturated carbocycles. The molecule has 1 aliphatic carbocycles. The van der Waals surface area contributed by atoms with Crippen LogP contribution in [0.4, 0.5) is 5.69 Å². The minimum absolute atomic E-state index is 0.0217. The normalized spacial score (nSPS) is 20.7. The number of anilines is 1. The molecule has 5 aromatic rings. The maximum atomic E-state index is 13.9. The summed E-state index contributed by atoms with van der Waals surface area (Å²) < 4.78 is 66.1. The maximum absolute atomic E-state index is 13.9. The minimum Gasteiger partial charge on any atom is -0.421 e. The number of aldehydes is 3. The molecule has 0 spiro atoms. The Kier molecular flexibility index (Phi) is 15.3. The van der Waals surface area contributed by atoms with Gasteiger partial charge in [0, 0.05) is 35.5 Å². The van der Waals surface area contributed by atoms with Crippen LogP contribution in [0.1, 0.15) is 62.9 Å². The highest BCUT2D eigenvalue weighted by molar-refractivity contribution is 7.79. The summed E-state index contributed by atoms with van der Waals surface area (Å²) in [5.74, 6) is -0.470. The number of rotatable bonds is 14. The van der Waals surface area contributed by atoms with Crippen molar-refractivity contribution in [2.24, 2.45) is 13.5 Å². The molecule has 0 amide bonds. The highest BCUT2D eigenvalue weighted by Crippen LogP contribution is 2.78. The number of hydrogen-bond donors (Lipinski definition) is 2. The van der Waals surface area contributed by atoms with Crippen LogP contribution in [0.15, 0.2) is 129 Å². The van der Waals surface area contributed by atoms with E-state index in [4.69, 9.17) is 50.4 Å². The van der Waals surface area contributed by atoms with Gasteiger partial charge in [-0.25, -0.2) is 5.09 Å². The number of ether oxygens (including phenoxy) is 3. The van der Waals surface area contributed by atoms with E-state index in [0.717, 1.165) is 0 Å². The number of nitrogens with one attached hydrogen (secondary N) is 2. The van der Waals surface area contributed by atoms with Crippen LogP contribution in [0.25, 0.3) is 0 Å². The Balaban J connectivity index is 1.28. The monoisotopic (exact) mass is 955 g/mol. The Labute approximate surface area is 380 Å². The second-order valence-corrected chi connectivity index (χ2v) is 20.9. The van der Waals surface area contributed by atoms with Gasteiger partial charge in [-0.3, -0.25) is 28.5 Å². The highest BCUT2D eigenvalue weighted by Gasteiger charge is 2.46. The van der Waals surface area contributed by atoms with Gasteiger partial charge in [-0.05, 0) is 42.5 Å². The van der Waals surface area contributed by atoms with Crippen molar-refractivity contribution < 1.29 is 60.8 Å². The van der Waals surface area contributed by atoms with Gasteiger partial charge < -0.3 is 37.6 Å². The molecule has 2 N–H and O–H groups in total. The van der Waals surface area contributed by atoms with Crippen molar-refractivity contribution in [1.82, 2.24) is 5.09 Å². The van der Waals surface area contributed by atoms with Crippen LogP contribution in [0.3, 0.4) is 0 Å². The first kappa shape index (κ1) is 46.6. The molecule has 0 aromatic heterocycles. The van der Waals surface area contributed by atoms with E-state index in [1.165, 1.54) is 24.3 Å². The summed E-state index contributed by atoms with van der Waals surface area (Å²) in [6.45, 7) is 1.01. The molecule has 2 aliphatic heterocycles. The Morgan fingerprint density at radius 2 is 0.985 bits per heavy atom. The zero-order valence-corrected chi connectivity index (χ0v) is 37.9. The molecule has 8 rings (SSSR count). The van der Waals surface area contributed by atoms with Gasteiger partial charge in [0.15, 0.2) is 30.4 Å². The minimum atomic E-state index is -4.39. The van der Waals surface area contributed by atoms with Gasteiger partial charge >= 0.3 is 15.3 Å². The number of carbonyl (C=O) groups excluding carboxylic acids is 5. The summed E-state index contributed by atoms with van der Waals surface area (Å²) >= 11 is 0. The van der Waals surface area contributed by atoms with Crippen molar-refractivity contribution in [3.05, 3.63) is 154 Å². The van der Waals surface area contributed by atoms with E-state index in [0.29, 0.717) is 42.3 Å². The third-order valence-corrected chi connectivity index (χ3v) is 18.5. The Hall–Kier alpha value is -5.90. The molecular formula is C45H44N5O13P3. The SMILES string of the molecule is O=Cc1ccccc1OP12=NP(NCCNc3cccc4c3C(=O)c3ccccc3C4=O)(=NP(Oc3ccccc3C=O)(Oc3ccccc3C=O)=N1)OCCOCCOCCOCCO2. The molecule has 0 radical (unpaired) electrons. The number of carbonyl (C=O) groups is 5. The molecule has 2 atom stereocenters. The smallest absolute Gasteiger partial charge is 0.421 e. The maximum Gasteiger partial charge on any atom is 0.457 e. The number of hydrogen-bond acceptors (Lipinski definition) is 18. The summed E-state index contributed by atoms with van der Waals surface area (Å²) in [7, 11) is -12.6. The van der Waals surface area contributed by atoms with Crippen LogP contribution in [0.2, 0.25) is 0 Å². The summed E-state index contributed by atoms with van der Waals surface area (Å²) in [4.78, 5) is 64.8. The van der Waals surface area contributed by atoms with Gasteiger partial charge in [0.2, 0.25) is 0 Å². The third kappa shape index (κ3) is 10.7. The van der Waals surface area contributed by atoms with Crippen molar-refractivity contribution in [2.45, 2.75) is 0 Å². The average Bonchev–Trinajstić information content (AvgIpc) is 3.33. The van der Waals surface area contributed by atoms with Gasteiger partial charge in [0.1, 0.15) is 17.2 Å². The predicted octanol–water partition coefficient (Wildman–Crippen LogP) is 9.09. The number of ketones is 2. The van der Waals surface area contributed by atoms with Crippen LogP contribution in [-0.4, -0.2) is 96.4 Å². The molecule has 5 aromatic carbocycles. The van der Waals surface area contributed by atoms with Crippen molar-refractivity contribution in [3.63, 3.8) is 0 Å². The summed E-state index contributed by atoms with van der Waals surface area (Å²) in [5, 5.41) is 6.67. The van der Waals surface area contributed by atoms with Gasteiger partial charge in [-0.2, -0.15) is 0 Å². The highest BCUT2D eigenvalue weighted by atomic mass is 31.3. The van der Waals surface area contributed by atoms with Crippen LogP contribution >= 0.6 is 22.9 Å². The molecule has 66 heavy (non-hydrogen) atoms. The zero-order chi connectivity index (χ0) is 45.8. The fraction of sp³-hybridized carbons (Fsp3) is 0.222. The standard InChI is InChI=1S/C45H44N5O13P3/c51-30-33-10-1-6-17-40(33)61-65-48-64(59-28-26-57-24-22-56-23-25-58-27-29-60-65,47-21-20-46-39-16-9-15-38-43(39)45(55)37-14-5-4-13-36(37)44(38)54)49-66(50-65,62-41-18-7-2-11-34(41)31-52)63-42-19-8-3-12-35(42)32-53/h1-19,30-32,46-47H,20-29H2. The van der Waals surface area contributed by atoms with Crippen molar-refractivity contribution in [2.75, 3.05) is 71.3 Å². The topological polar surface area (TPSA) is 220 Å². The summed E-state index contributed by atoms with van der Waals surface area (Å²) in [5.41, 5.74) is 1.95. The van der Waals surface area contributed by atoms with Crippen molar-refractivity contribution >= 4 is 59.0 Å². The van der Waals surface area contributed by atoms with Crippen LogP contribution in [-0.2, 0) is 23.3 Å². The molecule has 21 heteroatoms. The van der Waals surface area contributed by atoms with Gasteiger partial charge in [0.05, 0.1) is 75.1 Å². The molecular weight excluding hydrogens is 911 g/mol. The predicted molar refractivity (Wildman–Crippen MR) is 246 cm³/mol. The summed E-state index contributed by atoms with van der Waals surface area (Å²) in [6.07, 6.45) is 1.80. The average molecular weight is 956 g/mol. The van der Waals surface area contributed by atoms with Gasteiger partial charge in [-0.1, -0.05) is 72.8 Å². The lowest BCUT2D eigenvalue weighted by Gasteiger charge is -2.34. The molecule has 18 nitrogen and oxygen atoms in total. The molecule has 3 aliphatic rings. The largest absolute Gasteiger partial charge is 0.457 e. The van der Waals surface area contributed by atoms with Gasteiger partial charge in [0.25, 0.3) is 7.58 Å². The van der Waals surface area contributed by atoms with E-state index in [9.17, 15) is 24.0 Å². The van der Waals surface area contributed by atoms with E-state index in [1.54, 1.807) is 91.0 Å². The summed E-state index contributed by atoms with van der Waals surface area (Å²) in [6, 6.07) is 30.8. The third-order valence-electron chi connectivity index (χ3n) is 9.93. The van der Waals surface area contributed by atoms with Gasteiger partial charge in [-0.15, -0.1) is 13.5 Å². The number of benzene rings is 5. The van der Waals surface area contributed by atoms with Crippen LogP contribution < -0.4 is 24.0 Å². The lowest BCUT2D eigenvalue weighted by atomic mass is 9.83. The first-order valence-corrected chi connectivity index (χ1v) is 25.4. The van der Waals surface area contributed by atoms with E-state index < -0.39 is 22.9 Å². The molecule has 0 fully saturated rings. The Morgan fingerprint density at radius 3 is 1.56 bits per heavy atom. The zero-order valence-electron chi connectivity index (χ0n) is 35.3. The van der Waals surface area contributed by atoms with E-state index >= 15 is 0 Å². The fourth-order valence-electron chi connectivity index (χ4n) is 6.91. The Bertz CT molecular complexity index is 2760. The number of nitrogens with zero attached hydrogens (tertiary/aromatic N) is 3. The lowest BCUT2D eigenvalue weighted by Crippen LogP contribution is -2.25. The molecule has 342 valence electrons. The Morgan fingerprint density at radius 1 is 0.500 bits per heavy atom. The van der Waals surface area contributed by atoms with Crippen molar-refractivity contribution in [3.8, 4) is 17.2 Å². The quantitative estimate of drug-likeness (QED) is 0.0591. The number of fused-ring (bicyclic) bond motifs is 3. The first-order chi connectivity index (χ1) is 32.3. The van der Waals surface area contributed by atoms with E-state index in [1.807, 2.05) is 0 Å². The van der Waals surface area contributed by atoms with Crippen LogP contribution in [0.5, 0.6) is 17.2 Å². The van der Waals surface area contributed by atoms with Crippen LogP contribution in [0, 0.1) is 0 Å². The molecule has 0 saturated heterocycles. The van der Waals surface area contributed by atoms with E-state index in [2.05, 4.69) is 10.4 Å². The molecule has 2 unspecified atom stereocenters. The molecule has 2 bridgehead atoms. The fourth-order valence-corrected chi connectivity index (χ4v) is 16.6. The first-order valence-electron chi connectivity index (χ1n) is 20.8.